The Morgan fingerprint density at radius 1 is 1.00 bits per heavy atom. The summed E-state index contributed by atoms with van der Waals surface area (Å²) in [5.41, 5.74) is 0.607. The summed E-state index contributed by atoms with van der Waals surface area (Å²) in [6, 6.07) is 5.59. The lowest BCUT2D eigenvalue weighted by Gasteiger charge is -2.35. The first-order valence-electron chi connectivity index (χ1n) is 10.1. The van der Waals surface area contributed by atoms with Crippen LogP contribution in [0.25, 0.3) is 0 Å². The Hall–Kier alpha value is -2.28. The highest BCUT2D eigenvalue weighted by atomic mass is 16.5. The summed E-state index contributed by atoms with van der Waals surface area (Å²) in [6.07, 6.45) is 5.87. The molecule has 2 amide bonds. The van der Waals surface area contributed by atoms with Gasteiger partial charge in [-0.25, -0.2) is 4.79 Å². The summed E-state index contributed by atoms with van der Waals surface area (Å²) in [5, 5.41) is 3.17. The average molecular weight is 389 g/mol. The molecule has 154 valence electrons. The Bertz CT molecular complexity index is 680. The van der Waals surface area contributed by atoms with E-state index in [0.717, 1.165) is 12.8 Å². The number of nitrogens with zero attached hydrogens (tertiary/aromatic N) is 2. The van der Waals surface area contributed by atoms with Gasteiger partial charge in [0.2, 0.25) is 0 Å². The third-order valence-electron chi connectivity index (χ3n) is 5.67. The molecule has 1 N–H and O–H groups in total. The lowest BCUT2D eigenvalue weighted by Crippen LogP contribution is -2.54. The molecule has 1 saturated carbocycles. The molecule has 1 saturated heterocycles. The monoisotopic (exact) mass is 389 g/mol. The molecule has 28 heavy (non-hydrogen) atoms. The molecular weight excluding hydrogens is 358 g/mol. The van der Waals surface area contributed by atoms with E-state index in [4.69, 9.17) is 9.47 Å². The zero-order valence-electron chi connectivity index (χ0n) is 16.9. The molecule has 0 spiro atoms. The molecule has 0 aromatic heterocycles. The molecule has 1 aromatic carbocycles. The molecule has 0 unspecified atom stereocenters. The molecule has 1 heterocycles. The maximum Gasteiger partial charge on any atom is 0.317 e. The molecule has 1 aliphatic heterocycles. The van der Waals surface area contributed by atoms with Gasteiger partial charge in [0.05, 0.1) is 20.8 Å². The van der Waals surface area contributed by atoms with Gasteiger partial charge in [0.1, 0.15) is 0 Å². The quantitative estimate of drug-likeness (QED) is 0.757. The van der Waals surface area contributed by atoms with Crippen molar-refractivity contribution in [2.45, 2.75) is 38.1 Å². The number of nitrogens with one attached hydrogen (secondary N) is 1. The third kappa shape index (κ3) is 5.16. The van der Waals surface area contributed by atoms with Crippen molar-refractivity contribution < 1.29 is 19.1 Å². The van der Waals surface area contributed by atoms with Crippen molar-refractivity contribution in [3.05, 3.63) is 23.8 Å². The molecule has 7 nitrogen and oxygen atoms in total. The smallest absolute Gasteiger partial charge is 0.317 e. The molecule has 0 radical (unpaired) electrons. The average Bonchev–Trinajstić information content (AvgIpc) is 2.74. The Morgan fingerprint density at radius 2 is 1.68 bits per heavy atom. The summed E-state index contributed by atoms with van der Waals surface area (Å²) >= 11 is 0. The van der Waals surface area contributed by atoms with E-state index in [2.05, 4.69) is 10.2 Å². The van der Waals surface area contributed by atoms with Gasteiger partial charge in [-0.3, -0.25) is 9.69 Å². The number of urea groups is 1. The van der Waals surface area contributed by atoms with Crippen molar-refractivity contribution in [3.8, 4) is 11.5 Å². The van der Waals surface area contributed by atoms with Gasteiger partial charge in [0, 0.05) is 37.8 Å². The number of ketones is 1. The molecule has 1 aliphatic carbocycles. The van der Waals surface area contributed by atoms with Gasteiger partial charge in [-0.15, -0.1) is 0 Å². The lowest BCUT2D eigenvalue weighted by atomic mass is 9.96. The fraction of sp³-hybridized carbons (Fsp3) is 0.619. The van der Waals surface area contributed by atoms with Crippen LogP contribution in [-0.4, -0.2) is 74.6 Å². The van der Waals surface area contributed by atoms with Crippen LogP contribution in [0.3, 0.4) is 0 Å². The van der Waals surface area contributed by atoms with Crippen LogP contribution in [0.2, 0.25) is 0 Å². The van der Waals surface area contributed by atoms with E-state index < -0.39 is 0 Å². The first-order chi connectivity index (χ1) is 13.6. The molecule has 0 atom stereocenters. The summed E-state index contributed by atoms with van der Waals surface area (Å²) in [4.78, 5) is 29.0. The van der Waals surface area contributed by atoms with Crippen LogP contribution in [0.1, 0.15) is 42.5 Å². The predicted octanol–water partition coefficient (Wildman–Crippen LogP) is 2.55. The first-order valence-corrected chi connectivity index (χ1v) is 10.1. The number of methoxy groups -OCH3 is 2. The Balaban J connectivity index is 1.47. The highest BCUT2D eigenvalue weighted by Gasteiger charge is 2.25. The van der Waals surface area contributed by atoms with E-state index >= 15 is 0 Å². The number of benzene rings is 1. The largest absolute Gasteiger partial charge is 0.493 e. The Morgan fingerprint density at radius 3 is 2.32 bits per heavy atom. The van der Waals surface area contributed by atoms with Gasteiger partial charge in [0.15, 0.2) is 17.3 Å². The van der Waals surface area contributed by atoms with E-state index in [1.54, 1.807) is 32.4 Å². The third-order valence-corrected chi connectivity index (χ3v) is 5.67. The fourth-order valence-electron chi connectivity index (χ4n) is 3.93. The van der Waals surface area contributed by atoms with Crippen LogP contribution in [-0.2, 0) is 0 Å². The molecule has 3 rings (SSSR count). The van der Waals surface area contributed by atoms with Crippen LogP contribution in [0.5, 0.6) is 11.5 Å². The van der Waals surface area contributed by atoms with Gasteiger partial charge >= 0.3 is 6.03 Å². The minimum atomic E-state index is 0.0396. The minimum absolute atomic E-state index is 0.0396. The number of Topliss-reactive ketones (excluding diaryl/α,β-unsaturated/α-hetero) is 1. The standard InChI is InChI=1S/C21H31N3O4/c1-27-19-9-8-16(14-20(19)28-2)18(25)15-23-10-12-24(13-11-23)21(26)22-17-6-4-3-5-7-17/h8-9,14,17H,3-7,10-13,15H2,1-2H3,(H,22,26). The van der Waals surface area contributed by atoms with Crippen molar-refractivity contribution in [3.63, 3.8) is 0 Å². The molecule has 2 aliphatic rings. The van der Waals surface area contributed by atoms with Crippen LogP contribution < -0.4 is 14.8 Å². The second-order valence-corrected chi connectivity index (χ2v) is 7.54. The van der Waals surface area contributed by atoms with Crippen molar-refractivity contribution in [1.82, 2.24) is 15.1 Å². The van der Waals surface area contributed by atoms with E-state index in [0.29, 0.717) is 55.8 Å². The number of carbonyl (C=O) groups is 2. The maximum absolute atomic E-state index is 12.6. The summed E-state index contributed by atoms with van der Waals surface area (Å²) in [6.45, 7) is 3.05. The normalized spacial score (nSPS) is 18.6. The van der Waals surface area contributed by atoms with Crippen LogP contribution in [0.4, 0.5) is 4.79 Å². The molecule has 1 aromatic rings. The van der Waals surface area contributed by atoms with Gasteiger partial charge < -0.3 is 19.7 Å². The number of ether oxygens (including phenoxy) is 2. The SMILES string of the molecule is COc1ccc(C(=O)CN2CCN(C(=O)NC3CCCCC3)CC2)cc1OC. The number of hydrogen-bond donors (Lipinski definition) is 1. The Kier molecular flexibility index (Phi) is 7.14. The van der Waals surface area contributed by atoms with E-state index in [-0.39, 0.29) is 11.8 Å². The molecule has 0 bridgehead atoms. The van der Waals surface area contributed by atoms with E-state index in [9.17, 15) is 9.59 Å². The number of piperazine rings is 1. The topological polar surface area (TPSA) is 71.1 Å². The van der Waals surface area contributed by atoms with Gasteiger partial charge in [0.25, 0.3) is 0 Å². The van der Waals surface area contributed by atoms with Crippen molar-refractivity contribution >= 4 is 11.8 Å². The van der Waals surface area contributed by atoms with Crippen LogP contribution >= 0.6 is 0 Å². The highest BCUT2D eigenvalue weighted by molar-refractivity contribution is 5.98. The fourth-order valence-corrected chi connectivity index (χ4v) is 3.93. The summed E-state index contributed by atoms with van der Waals surface area (Å²) in [7, 11) is 3.13. The second kappa shape index (κ2) is 9.78. The molecular formula is C21H31N3O4. The summed E-state index contributed by atoms with van der Waals surface area (Å²) < 4.78 is 10.5. The highest BCUT2D eigenvalue weighted by Crippen LogP contribution is 2.27. The minimum Gasteiger partial charge on any atom is -0.493 e. The second-order valence-electron chi connectivity index (χ2n) is 7.54. The van der Waals surface area contributed by atoms with E-state index in [1.807, 2.05) is 4.90 Å². The van der Waals surface area contributed by atoms with Gasteiger partial charge in [-0.2, -0.15) is 0 Å². The number of amides is 2. The number of carbonyl (C=O) groups excluding carboxylic acids is 2. The first kappa shape index (κ1) is 20.5. The maximum atomic E-state index is 12.6. The van der Waals surface area contributed by atoms with E-state index in [1.165, 1.54) is 19.3 Å². The van der Waals surface area contributed by atoms with Crippen molar-refractivity contribution in [1.29, 1.82) is 0 Å². The van der Waals surface area contributed by atoms with Crippen LogP contribution in [0.15, 0.2) is 18.2 Å². The Labute approximate surface area is 167 Å². The lowest BCUT2D eigenvalue weighted by molar-refractivity contribution is 0.0876. The number of rotatable bonds is 6. The van der Waals surface area contributed by atoms with Crippen molar-refractivity contribution in [2.75, 3.05) is 46.9 Å². The van der Waals surface area contributed by atoms with Crippen LogP contribution in [0, 0.1) is 0 Å². The predicted molar refractivity (Wildman–Crippen MR) is 107 cm³/mol. The van der Waals surface area contributed by atoms with Gasteiger partial charge in [-0.1, -0.05) is 19.3 Å². The van der Waals surface area contributed by atoms with Crippen molar-refractivity contribution in [2.24, 2.45) is 0 Å². The molecule has 7 heteroatoms. The zero-order chi connectivity index (χ0) is 19.9. The zero-order valence-corrected chi connectivity index (χ0v) is 16.9. The van der Waals surface area contributed by atoms with Gasteiger partial charge in [-0.05, 0) is 31.0 Å². The summed E-state index contributed by atoms with van der Waals surface area (Å²) in [5.74, 6) is 1.20. The number of hydrogen-bond acceptors (Lipinski definition) is 5. The molecule has 2 fully saturated rings.